The third kappa shape index (κ3) is 2.12. The van der Waals surface area contributed by atoms with Crippen LogP contribution in [0.5, 0.6) is 0 Å². The van der Waals surface area contributed by atoms with Crippen molar-refractivity contribution in [3.63, 3.8) is 0 Å². The molecule has 2 nitrogen and oxygen atoms in total. The second-order valence-electron chi connectivity index (χ2n) is 2.59. The Morgan fingerprint density at radius 2 is 2.50 bits per heavy atom. The SMILES string of the molecule is CCC1CC(O)C=CCO1. The summed E-state index contributed by atoms with van der Waals surface area (Å²) in [5.74, 6) is 0. The average molecular weight is 142 g/mol. The summed E-state index contributed by atoms with van der Waals surface area (Å²) >= 11 is 0. The molecule has 0 spiro atoms. The van der Waals surface area contributed by atoms with Crippen LogP contribution < -0.4 is 0 Å². The van der Waals surface area contributed by atoms with Gasteiger partial charge in [0.15, 0.2) is 0 Å². The molecule has 10 heavy (non-hydrogen) atoms. The van der Waals surface area contributed by atoms with Crippen LogP contribution in [0.1, 0.15) is 19.8 Å². The molecule has 2 heteroatoms. The van der Waals surface area contributed by atoms with Gasteiger partial charge in [-0.15, -0.1) is 0 Å². The van der Waals surface area contributed by atoms with E-state index in [1.807, 2.05) is 6.08 Å². The van der Waals surface area contributed by atoms with Crippen molar-refractivity contribution in [3.05, 3.63) is 12.2 Å². The number of aliphatic hydroxyl groups is 1. The van der Waals surface area contributed by atoms with Crippen LogP contribution in [0.25, 0.3) is 0 Å². The van der Waals surface area contributed by atoms with Crippen LogP contribution in [0.4, 0.5) is 0 Å². The largest absolute Gasteiger partial charge is 0.389 e. The van der Waals surface area contributed by atoms with E-state index < -0.39 is 0 Å². The Bertz CT molecular complexity index is 120. The van der Waals surface area contributed by atoms with Crippen molar-refractivity contribution >= 4 is 0 Å². The van der Waals surface area contributed by atoms with E-state index in [2.05, 4.69) is 6.92 Å². The van der Waals surface area contributed by atoms with Crippen LogP contribution in [-0.4, -0.2) is 23.9 Å². The molecule has 0 aromatic rings. The monoisotopic (exact) mass is 142 g/mol. The zero-order valence-electron chi connectivity index (χ0n) is 6.29. The smallest absolute Gasteiger partial charge is 0.0746 e. The molecule has 1 aliphatic rings. The van der Waals surface area contributed by atoms with Crippen LogP contribution in [0.2, 0.25) is 0 Å². The number of hydrogen-bond acceptors (Lipinski definition) is 2. The highest BCUT2D eigenvalue weighted by Crippen LogP contribution is 2.11. The molecule has 0 saturated heterocycles. The van der Waals surface area contributed by atoms with Crippen LogP contribution in [0.3, 0.4) is 0 Å². The molecular weight excluding hydrogens is 128 g/mol. The van der Waals surface area contributed by atoms with E-state index in [4.69, 9.17) is 4.74 Å². The van der Waals surface area contributed by atoms with E-state index in [1.54, 1.807) is 6.08 Å². The maximum absolute atomic E-state index is 9.22. The van der Waals surface area contributed by atoms with Crippen molar-refractivity contribution in [2.45, 2.75) is 32.0 Å². The zero-order valence-corrected chi connectivity index (χ0v) is 6.29. The summed E-state index contributed by atoms with van der Waals surface area (Å²) in [4.78, 5) is 0. The molecule has 1 heterocycles. The molecule has 1 rings (SSSR count). The second kappa shape index (κ2) is 3.74. The Labute approximate surface area is 61.5 Å². The minimum atomic E-state index is -0.299. The maximum Gasteiger partial charge on any atom is 0.0746 e. The fourth-order valence-corrected chi connectivity index (χ4v) is 1.10. The maximum atomic E-state index is 9.22. The van der Waals surface area contributed by atoms with Crippen molar-refractivity contribution in [2.75, 3.05) is 6.61 Å². The number of aliphatic hydroxyl groups excluding tert-OH is 1. The summed E-state index contributed by atoms with van der Waals surface area (Å²) in [6, 6.07) is 0. The number of rotatable bonds is 1. The summed E-state index contributed by atoms with van der Waals surface area (Å²) in [5, 5.41) is 9.22. The topological polar surface area (TPSA) is 29.5 Å². The van der Waals surface area contributed by atoms with Gasteiger partial charge in [0, 0.05) is 6.42 Å². The molecule has 2 atom stereocenters. The van der Waals surface area contributed by atoms with E-state index >= 15 is 0 Å². The summed E-state index contributed by atoms with van der Waals surface area (Å²) in [5.41, 5.74) is 0. The standard InChI is InChI=1S/C8H14O2/c1-2-8-6-7(9)4-3-5-10-8/h3-4,7-9H,2,5-6H2,1H3. The van der Waals surface area contributed by atoms with Crippen LogP contribution in [0, 0.1) is 0 Å². The van der Waals surface area contributed by atoms with Gasteiger partial charge in [0.1, 0.15) is 0 Å². The van der Waals surface area contributed by atoms with Crippen LogP contribution >= 0.6 is 0 Å². The minimum absolute atomic E-state index is 0.241. The van der Waals surface area contributed by atoms with Crippen molar-refractivity contribution < 1.29 is 9.84 Å². The molecule has 0 aliphatic carbocycles. The summed E-state index contributed by atoms with van der Waals surface area (Å²) in [6.07, 6.45) is 5.35. The van der Waals surface area contributed by atoms with Gasteiger partial charge in [-0.3, -0.25) is 0 Å². The third-order valence-corrected chi connectivity index (χ3v) is 1.75. The molecule has 58 valence electrons. The van der Waals surface area contributed by atoms with Crippen molar-refractivity contribution in [3.8, 4) is 0 Å². The highest BCUT2D eigenvalue weighted by molar-refractivity contribution is 4.92. The van der Waals surface area contributed by atoms with E-state index in [1.165, 1.54) is 0 Å². The highest BCUT2D eigenvalue weighted by atomic mass is 16.5. The molecule has 0 amide bonds. The lowest BCUT2D eigenvalue weighted by Gasteiger charge is -2.13. The first kappa shape index (κ1) is 7.76. The summed E-state index contributed by atoms with van der Waals surface area (Å²) < 4.78 is 5.38. The lowest BCUT2D eigenvalue weighted by atomic mass is 10.1. The molecule has 0 saturated carbocycles. The van der Waals surface area contributed by atoms with Crippen LogP contribution in [0.15, 0.2) is 12.2 Å². The van der Waals surface area contributed by atoms with E-state index in [0.29, 0.717) is 6.61 Å². The van der Waals surface area contributed by atoms with Crippen molar-refractivity contribution in [2.24, 2.45) is 0 Å². The predicted octanol–water partition coefficient (Wildman–Crippen LogP) is 1.10. The first-order valence-corrected chi connectivity index (χ1v) is 3.79. The van der Waals surface area contributed by atoms with Gasteiger partial charge < -0.3 is 9.84 Å². The van der Waals surface area contributed by atoms with Gasteiger partial charge in [-0.2, -0.15) is 0 Å². The van der Waals surface area contributed by atoms with Gasteiger partial charge in [0.05, 0.1) is 18.8 Å². The predicted molar refractivity (Wildman–Crippen MR) is 39.8 cm³/mol. The molecule has 0 aromatic heterocycles. The van der Waals surface area contributed by atoms with E-state index in [9.17, 15) is 5.11 Å². The molecule has 1 aliphatic heterocycles. The molecule has 0 aromatic carbocycles. The Morgan fingerprint density at radius 1 is 1.70 bits per heavy atom. The van der Waals surface area contributed by atoms with Gasteiger partial charge in [-0.1, -0.05) is 19.1 Å². The van der Waals surface area contributed by atoms with Gasteiger partial charge in [-0.25, -0.2) is 0 Å². The fraction of sp³-hybridized carbons (Fsp3) is 0.750. The lowest BCUT2D eigenvalue weighted by molar-refractivity contribution is 0.0454. The Kier molecular flexibility index (Phi) is 2.90. The summed E-state index contributed by atoms with van der Waals surface area (Å²) in [6.45, 7) is 2.72. The lowest BCUT2D eigenvalue weighted by Crippen LogP contribution is -2.16. The molecule has 0 fully saturated rings. The third-order valence-electron chi connectivity index (χ3n) is 1.75. The zero-order chi connectivity index (χ0) is 7.40. The molecule has 0 bridgehead atoms. The van der Waals surface area contributed by atoms with Gasteiger partial charge in [0.25, 0.3) is 0 Å². The fourth-order valence-electron chi connectivity index (χ4n) is 1.10. The molecule has 0 radical (unpaired) electrons. The first-order chi connectivity index (χ1) is 4.83. The first-order valence-electron chi connectivity index (χ1n) is 3.79. The Balaban J connectivity index is 2.39. The Morgan fingerprint density at radius 3 is 3.20 bits per heavy atom. The Hall–Kier alpha value is -0.340. The highest BCUT2D eigenvalue weighted by Gasteiger charge is 2.12. The average Bonchev–Trinajstić information content (AvgIpc) is 2.13. The molecule has 2 unspecified atom stereocenters. The number of ether oxygens (including phenoxy) is 1. The van der Waals surface area contributed by atoms with Crippen molar-refractivity contribution in [1.29, 1.82) is 0 Å². The number of hydrogen-bond donors (Lipinski definition) is 1. The second-order valence-corrected chi connectivity index (χ2v) is 2.59. The molecule has 1 N–H and O–H groups in total. The molecular formula is C8H14O2. The summed E-state index contributed by atoms with van der Waals surface area (Å²) in [7, 11) is 0. The van der Waals surface area contributed by atoms with Crippen LogP contribution in [-0.2, 0) is 4.74 Å². The van der Waals surface area contributed by atoms with Gasteiger partial charge in [0.2, 0.25) is 0 Å². The normalized spacial score (nSPS) is 33.8. The van der Waals surface area contributed by atoms with E-state index in [0.717, 1.165) is 12.8 Å². The quantitative estimate of drug-likeness (QED) is 0.555. The van der Waals surface area contributed by atoms with Crippen molar-refractivity contribution in [1.82, 2.24) is 0 Å². The van der Waals surface area contributed by atoms with Gasteiger partial charge in [-0.05, 0) is 6.42 Å². The minimum Gasteiger partial charge on any atom is -0.389 e. The van der Waals surface area contributed by atoms with Gasteiger partial charge >= 0.3 is 0 Å². The van der Waals surface area contributed by atoms with E-state index in [-0.39, 0.29) is 12.2 Å².